The number of benzene rings is 2. The summed E-state index contributed by atoms with van der Waals surface area (Å²) < 4.78 is 5.90. The molecule has 0 atom stereocenters. The quantitative estimate of drug-likeness (QED) is 0.611. The van der Waals surface area contributed by atoms with Crippen molar-refractivity contribution in [3.63, 3.8) is 0 Å². The van der Waals surface area contributed by atoms with E-state index in [9.17, 15) is 0 Å². The molecule has 4 heteroatoms. The molecule has 3 aromatic rings. The molecule has 0 spiro atoms. The second-order valence-corrected chi connectivity index (χ2v) is 5.35. The van der Waals surface area contributed by atoms with Gasteiger partial charge in [-0.3, -0.25) is 4.98 Å². The van der Waals surface area contributed by atoms with Crippen LogP contribution in [0.5, 0.6) is 11.5 Å². The number of fused-ring (bicyclic) bond motifs is 1. The molecule has 0 fully saturated rings. The highest BCUT2D eigenvalue weighted by Gasteiger charge is 2.09. The van der Waals surface area contributed by atoms with Crippen LogP contribution >= 0.6 is 23.2 Å². The van der Waals surface area contributed by atoms with Crippen LogP contribution in [0.2, 0.25) is 10.0 Å². The Morgan fingerprint density at radius 2 is 1.75 bits per heavy atom. The maximum absolute atomic E-state index is 6.25. The van der Waals surface area contributed by atoms with Crippen LogP contribution in [0.15, 0.2) is 48.7 Å². The van der Waals surface area contributed by atoms with Crippen LogP contribution in [-0.2, 0) is 0 Å². The number of nitrogens with zero attached hydrogens (tertiary/aromatic N) is 1. The summed E-state index contributed by atoms with van der Waals surface area (Å²) in [4.78, 5) is 4.27. The molecule has 2 nitrogen and oxygen atoms in total. The largest absolute Gasteiger partial charge is 0.457 e. The van der Waals surface area contributed by atoms with Gasteiger partial charge in [0.15, 0.2) is 0 Å². The lowest BCUT2D eigenvalue weighted by Crippen LogP contribution is -1.89. The molecule has 0 N–H and O–H groups in total. The zero-order chi connectivity index (χ0) is 14.1. The molecule has 20 heavy (non-hydrogen) atoms. The van der Waals surface area contributed by atoms with Crippen molar-refractivity contribution >= 4 is 34.1 Å². The maximum atomic E-state index is 6.25. The number of hydrogen-bond acceptors (Lipinski definition) is 2. The van der Waals surface area contributed by atoms with Crippen LogP contribution in [0, 0.1) is 6.92 Å². The standard InChI is InChI=1S/C16H11Cl2NO/c1-10-2-4-12(5-3-10)20-15-6-7-19-14-9-11(17)8-13(18)16(14)15/h2-9H,1H3. The summed E-state index contributed by atoms with van der Waals surface area (Å²) in [5.41, 5.74) is 1.90. The van der Waals surface area contributed by atoms with Crippen molar-refractivity contribution in [3.05, 3.63) is 64.3 Å². The summed E-state index contributed by atoms with van der Waals surface area (Å²) in [6, 6.07) is 13.1. The third kappa shape index (κ3) is 2.58. The van der Waals surface area contributed by atoms with Gasteiger partial charge < -0.3 is 4.74 Å². The Morgan fingerprint density at radius 1 is 1.00 bits per heavy atom. The van der Waals surface area contributed by atoms with E-state index in [-0.39, 0.29) is 0 Å². The Bertz CT molecular complexity index is 769. The van der Waals surface area contributed by atoms with Gasteiger partial charge in [-0.05, 0) is 37.3 Å². The second-order valence-electron chi connectivity index (χ2n) is 4.51. The highest BCUT2D eigenvalue weighted by molar-refractivity contribution is 6.39. The summed E-state index contributed by atoms with van der Waals surface area (Å²) >= 11 is 12.2. The Kier molecular flexibility index (Phi) is 3.51. The first-order valence-electron chi connectivity index (χ1n) is 6.12. The number of halogens is 2. The summed E-state index contributed by atoms with van der Waals surface area (Å²) in [7, 11) is 0. The van der Waals surface area contributed by atoms with Crippen LogP contribution in [0.3, 0.4) is 0 Å². The van der Waals surface area contributed by atoms with E-state index < -0.39 is 0 Å². The molecule has 0 saturated carbocycles. The molecular weight excluding hydrogens is 293 g/mol. The summed E-state index contributed by atoms with van der Waals surface area (Å²) in [6.07, 6.45) is 1.68. The zero-order valence-corrected chi connectivity index (χ0v) is 12.2. The molecule has 1 aromatic heterocycles. The molecule has 0 amide bonds. The molecule has 0 bridgehead atoms. The van der Waals surface area contributed by atoms with Gasteiger partial charge in [-0.25, -0.2) is 0 Å². The predicted octanol–water partition coefficient (Wildman–Crippen LogP) is 5.64. The van der Waals surface area contributed by atoms with Gasteiger partial charge in [-0.2, -0.15) is 0 Å². The van der Waals surface area contributed by atoms with Crippen LogP contribution in [0.4, 0.5) is 0 Å². The lowest BCUT2D eigenvalue weighted by Gasteiger charge is -2.10. The van der Waals surface area contributed by atoms with Gasteiger partial charge in [0.05, 0.1) is 15.9 Å². The van der Waals surface area contributed by atoms with Gasteiger partial charge in [-0.1, -0.05) is 40.9 Å². The fourth-order valence-electron chi connectivity index (χ4n) is 1.99. The minimum Gasteiger partial charge on any atom is -0.457 e. The fraction of sp³-hybridized carbons (Fsp3) is 0.0625. The Hall–Kier alpha value is -1.77. The average Bonchev–Trinajstić information content (AvgIpc) is 2.41. The number of hydrogen-bond donors (Lipinski definition) is 0. The molecule has 100 valence electrons. The maximum Gasteiger partial charge on any atom is 0.139 e. The van der Waals surface area contributed by atoms with E-state index in [4.69, 9.17) is 27.9 Å². The number of aromatic nitrogens is 1. The second kappa shape index (κ2) is 5.31. The number of rotatable bonds is 2. The van der Waals surface area contributed by atoms with E-state index in [0.29, 0.717) is 21.3 Å². The molecule has 2 aromatic carbocycles. The summed E-state index contributed by atoms with van der Waals surface area (Å²) in [5.74, 6) is 1.43. The molecule has 0 aliphatic rings. The van der Waals surface area contributed by atoms with Crippen molar-refractivity contribution < 1.29 is 4.74 Å². The molecule has 3 rings (SSSR count). The van der Waals surface area contributed by atoms with Crippen molar-refractivity contribution in [3.8, 4) is 11.5 Å². The lowest BCUT2D eigenvalue weighted by atomic mass is 10.2. The van der Waals surface area contributed by atoms with E-state index in [0.717, 1.165) is 11.1 Å². The fourth-order valence-corrected chi connectivity index (χ4v) is 2.57. The normalized spacial score (nSPS) is 10.8. The molecule has 0 aliphatic carbocycles. The first kappa shape index (κ1) is 13.2. The minimum atomic E-state index is 0.530. The zero-order valence-electron chi connectivity index (χ0n) is 10.7. The third-order valence-corrected chi connectivity index (χ3v) is 3.49. The molecule has 0 unspecified atom stereocenters. The summed E-state index contributed by atoms with van der Waals surface area (Å²) in [6.45, 7) is 2.03. The van der Waals surface area contributed by atoms with E-state index >= 15 is 0 Å². The monoisotopic (exact) mass is 303 g/mol. The van der Waals surface area contributed by atoms with Crippen molar-refractivity contribution in [2.75, 3.05) is 0 Å². The number of aryl methyl sites for hydroxylation is 1. The van der Waals surface area contributed by atoms with Crippen LogP contribution < -0.4 is 4.74 Å². The van der Waals surface area contributed by atoms with Gasteiger partial charge >= 0.3 is 0 Å². The first-order valence-corrected chi connectivity index (χ1v) is 6.87. The summed E-state index contributed by atoms with van der Waals surface area (Å²) in [5, 5.41) is 1.85. The van der Waals surface area contributed by atoms with Crippen LogP contribution in [0.25, 0.3) is 10.9 Å². The van der Waals surface area contributed by atoms with Crippen LogP contribution in [-0.4, -0.2) is 4.98 Å². The predicted molar refractivity (Wildman–Crippen MR) is 83.0 cm³/mol. The van der Waals surface area contributed by atoms with E-state index in [1.807, 2.05) is 31.2 Å². The van der Waals surface area contributed by atoms with Gasteiger partial charge in [0, 0.05) is 11.2 Å². The number of ether oxygens (including phenoxy) is 1. The molecule has 0 radical (unpaired) electrons. The third-order valence-electron chi connectivity index (χ3n) is 2.97. The number of pyridine rings is 1. The Labute approximate surface area is 126 Å². The first-order chi connectivity index (χ1) is 9.63. The molecule has 0 aliphatic heterocycles. The molecule has 1 heterocycles. The topological polar surface area (TPSA) is 22.1 Å². The highest BCUT2D eigenvalue weighted by Crippen LogP contribution is 2.35. The van der Waals surface area contributed by atoms with E-state index in [1.165, 1.54) is 5.56 Å². The Morgan fingerprint density at radius 3 is 2.50 bits per heavy atom. The van der Waals surface area contributed by atoms with Crippen molar-refractivity contribution in [2.45, 2.75) is 6.92 Å². The van der Waals surface area contributed by atoms with Gasteiger partial charge in [0.25, 0.3) is 0 Å². The van der Waals surface area contributed by atoms with Crippen molar-refractivity contribution in [1.29, 1.82) is 0 Å². The average molecular weight is 304 g/mol. The van der Waals surface area contributed by atoms with Crippen molar-refractivity contribution in [1.82, 2.24) is 4.98 Å². The SMILES string of the molecule is Cc1ccc(Oc2ccnc3cc(Cl)cc(Cl)c23)cc1. The van der Waals surface area contributed by atoms with E-state index in [1.54, 1.807) is 24.4 Å². The molecule has 0 saturated heterocycles. The van der Waals surface area contributed by atoms with Gasteiger partial charge in [-0.15, -0.1) is 0 Å². The highest BCUT2D eigenvalue weighted by atomic mass is 35.5. The van der Waals surface area contributed by atoms with Gasteiger partial charge in [0.2, 0.25) is 0 Å². The van der Waals surface area contributed by atoms with E-state index in [2.05, 4.69) is 4.98 Å². The Balaban J connectivity index is 2.09. The van der Waals surface area contributed by atoms with Crippen molar-refractivity contribution in [2.24, 2.45) is 0 Å². The lowest BCUT2D eigenvalue weighted by molar-refractivity contribution is 0.488. The minimum absolute atomic E-state index is 0.530. The smallest absolute Gasteiger partial charge is 0.139 e. The van der Waals surface area contributed by atoms with Gasteiger partial charge in [0.1, 0.15) is 11.5 Å². The van der Waals surface area contributed by atoms with Crippen LogP contribution in [0.1, 0.15) is 5.56 Å². The molecular formula is C16H11Cl2NO.